The van der Waals surface area contributed by atoms with E-state index in [0.29, 0.717) is 52.0 Å². The number of aryl methyl sites for hydroxylation is 1. The molecule has 0 radical (unpaired) electrons. The van der Waals surface area contributed by atoms with Crippen LogP contribution in [0.5, 0.6) is 11.5 Å². The van der Waals surface area contributed by atoms with Crippen LogP contribution in [0.4, 0.5) is 5.69 Å². The van der Waals surface area contributed by atoms with E-state index in [1.165, 1.54) is 0 Å². The lowest BCUT2D eigenvalue weighted by Crippen LogP contribution is -2.41. The third kappa shape index (κ3) is 5.65. The maximum Gasteiger partial charge on any atom is 0.258 e. The van der Waals surface area contributed by atoms with E-state index in [0.717, 1.165) is 0 Å². The zero-order chi connectivity index (χ0) is 26.0. The Balaban J connectivity index is 1.62. The largest absolute Gasteiger partial charge is 0.491 e. The number of hydrogen-bond acceptors (Lipinski definition) is 5. The molecule has 4 rings (SSSR count). The van der Waals surface area contributed by atoms with E-state index in [1.807, 2.05) is 27.7 Å². The lowest BCUT2D eigenvalue weighted by molar-refractivity contribution is 0.0932. The number of nitrogens with zero attached hydrogens (tertiary/aromatic N) is 3. The maximum absolute atomic E-state index is 13.7. The highest BCUT2D eigenvalue weighted by molar-refractivity contribution is 6.33. The molecule has 3 aromatic rings. The second kappa shape index (κ2) is 10.6. The minimum atomic E-state index is -0.357. The van der Waals surface area contributed by atoms with Gasteiger partial charge in [0.05, 0.1) is 34.5 Å². The van der Waals surface area contributed by atoms with E-state index in [-0.39, 0.29) is 30.1 Å². The summed E-state index contributed by atoms with van der Waals surface area (Å²) in [5, 5.41) is 7.98. The number of carbonyl (C=O) groups excluding carboxylic acids is 2. The number of fused-ring (bicyclic) bond motifs is 1. The smallest absolute Gasteiger partial charge is 0.258 e. The zero-order valence-electron chi connectivity index (χ0n) is 21.1. The first-order chi connectivity index (χ1) is 17.1. The molecular weight excluding hydrogens is 480 g/mol. The molecule has 1 unspecified atom stereocenters. The molecular formula is C27H31ClN4O4. The van der Waals surface area contributed by atoms with Gasteiger partial charge in [-0.1, -0.05) is 23.7 Å². The summed E-state index contributed by atoms with van der Waals surface area (Å²) in [6, 6.07) is 11.8. The molecule has 9 heteroatoms. The fourth-order valence-electron chi connectivity index (χ4n) is 4.23. The Kier molecular flexibility index (Phi) is 7.54. The summed E-state index contributed by atoms with van der Waals surface area (Å²) in [5.41, 5.74) is 2.14. The molecule has 1 aliphatic heterocycles. The Hall–Kier alpha value is -3.52. The lowest BCUT2D eigenvalue weighted by atomic mass is 10.0. The first-order valence-corrected chi connectivity index (χ1v) is 12.4. The van der Waals surface area contributed by atoms with Crippen LogP contribution in [0.2, 0.25) is 5.02 Å². The van der Waals surface area contributed by atoms with Gasteiger partial charge in [0, 0.05) is 31.4 Å². The molecule has 2 amide bonds. The van der Waals surface area contributed by atoms with Crippen molar-refractivity contribution in [3.05, 3.63) is 70.5 Å². The van der Waals surface area contributed by atoms with Gasteiger partial charge in [-0.3, -0.25) is 14.3 Å². The van der Waals surface area contributed by atoms with Crippen LogP contribution in [0.25, 0.3) is 0 Å². The van der Waals surface area contributed by atoms with Gasteiger partial charge < -0.3 is 19.7 Å². The van der Waals surface area contributed by atoms with Crippen LogP contribution in [-0.4, -0.2) is 40.3 Å². The predicted molar refractivity (Wildman–Crippen MR) is 139 cm³/mol. The van der Waals surface area contributed by atoms with Gasteiger partial charge in [0.25, 0.3) is 11.8 Å². The summed E-state index contributed by atoms with van der Waals surface area (Å²) in [6.07, 6.45) is 2.19. The van der Waals surface area contributed by atoms with Gasteiger partial charge in [0.1, 0.15) is 17.2 Å². The number of anilines is 1. The van der Waals surface area contributed by atoms with Crippen molar-refractivity contribution in [2.45, 2.75) is 52.4 Å². The summed E-state index contributed by atoms with van der Waals surface area (Å²) < 4.78 is 13.4. The molecule has 1 aliphatic rings. The highest BCUT2D eigenvalue weighted by Crippen LogP contribution is 2.35. The molecule has 8 nitrogen and oxygen atoms in total. The summed E-state index contributed by atoms with van der Waals surface area (Å²) in [7, 11) is 1.79. The molecule has 36 heavy (non-hydrogen) atoms. The van der Waals surface area contributed by atoms with Crippen LogP contribution in [0.3, 0.4) is 0 Å². The Morgan fingerprint density at radius 2 is 1.69 bits per heavy atom. The Morgan fingerprint density at radius 1 is 1.06 bits per heavy atom. The summed E-state index contributed by atoms with van der Waals surface area (Å²) in [6.45, 7) is 8.13. The molecule has 2 heterocycles. The van der Waals surface area contributed by atoms with Crippen molar-refractivity contribution in [2.75, 3.05) is 11.4 Å². The van der Waals surface area contributed by atoms with Gasteiger partial charge in [0.15, 0.2) is 0 Å². The van der Waals surface area contributed by atoms with Crippen molar-refractivity contribution in [1.29, 1.82) is 0 Å². The molecule has 0 aliphatic carbocycles. The van der Waals surface area contributed by atoms with Gasteiger partial charge in [-0.05, 0) is 58.4 Å². The predicted octanol–water partition coefficient (Wildman–Crippen LogP) is 5.17. The van der Waals surface area contributed by atoms with Crippen molar-refractivity contribution in [2.24, 2.45) is 7.05 Å². The fourth-order valence-corrected chi connectivity index (χ4v) is 4.45. The van der Waals surface area contributed by atoms with Crippen LogP contribution < -0.4 is 19.7 Å². The zero-order valence-corrected chi connectivity index (χ0v) is 21.9. The van der Waals surface area contributed by atoms with Crippen molar-refractivity contribution in [3.8, 4) is 11.5 Å². The van der Waals surface area contributed by atoms with Gasteiger partial charge in [-0.25, -0.2) is 0 Å². The highest BCUT2D eigenvalue weighted by atomic mass is 35.5. The Bertz CT molecular complexity index is 1240. The number of halogens is 1. The SMILES string of the molecule is CC(C)Oc1cc(OC(C)C)cc(C(=O)N2CCC(NC(=O)c3ccccc3Cl)c3nn(C)cc32)c1. The van der Waals surface area contributed by atoms with E-state index in [1.54, 1.807) is 65.3 Å². The van der Waals surface area contributed by atoms with E-state index < -0.39 is 0 Å². The van der Waals surface area contributed by atoms with E-state index in [2.05, 4.69) is 10.4 Å². The van der Waals surface area contributed by atoms with Crippen molar-refractivity contribution in [3.63, 3.8) is 0 Å². The first-order valence-electron chi connectivity index (χ1n) is 12.0. The third-order valence-corrected chi connectivity index (χ3v) is 5.97. The first kappa shape index (κ1) is 25.6. The molecule has 0 spiro atoms. The van der Waals surface area contributed by atoms with E-state index >= 15 is 0 Å². The number of rotatable bonds is 7. The molecule has 190 valence electrons. The normalized spacial score (nSPS) is 15.1. The van der Waals surface area contributed by atoms with Gasteiger partial charge in [0.2, 0.25) is 0 Å². The van der Waals surface area contributed by atoms with Crippen molar-refractivity contribution >= 4 is 29.1 Å². The molecule has 1 atom stereocenters. The minimum Gasteiger partial charge on any atom is -0.491 e. The van der Waals surface area contributed by atoms with Gasteiger partial charge in [-0.2, -0.15) is 5.10 Å². The molecule has 1 aromatic heterocycles. The second-order valence-corrected chi connectivity index (χ2v) is 9.76. The number of hydrogen-bond donors (Lipinski definition) is 1. The molecule has 2 aromatic carbocycles. The molecule has 0 bridgehead atoms. The molecule has 0 saturated carbocycles. The van der Waals surface area contributed by atoms with Gasteiger partial charge >= 0.3 is 0 Å². The number of nitrogens with one attached hydrogen (secondary N) is 1. The van der Waals surface area contributed by atoms with Crippen molar-refractivity contribution in [1.82, 2.24) is 15.1 Å². The topological polar surface area (TPSA) is 85.7 Å². The van der Waals surface area contributed by atoms with E-state index in [4.69, 9.17) is 21.1 Å². The van der Waals surface area contributed by atoms with Crippen LogP contribution in [0.15, 0.2) is 48.7 Å². The minimum absolute atomic E-state index is 0.0512. The third-order valence-electron chi connectivity index (χ3n) is 5.64. The number of ether oxygens (including phenoxy) is 2. The number of benzene rings is 2. The standard InChI is InChI=1S/C27H31ClN4O4/c1-16(2)35-19-12-18(13-20(14-19)36-17(3)4)27(34)32-11-10-23(25-24(32)15-31(5)30-25)29-26(33)21-8-6-7-9-22(21)28/h6-9,12-17,23H,10-11H2,1-5H3,(H,29,33). The molecule has 0 fully saturated rings. The summed E-state index contributed by atoms with van der Waals surface area (Å²) >= 11 is 6.21. The Labute approximate surface area is 216 Å². The van der Waals surface area contributed by atoms with E-state index in [9.17, 15) is 9.59 Å². The lowest BCUT2D eigenvalue weighted by Gasteiger charge is -2.31. The maximum atomic E-state index is 13.7. The number of amides is 2. The number of carbonyl (C=O) groups is 2. The number of aromatic nitrogens is 2. The Morgan fingerprint density at radius 3 is 2.31 bits per heavy atom. The van der Waals surface area contributed by atoms with Crippen LogP contribution in [-0.2, 0) is 7.05 Å². The molecule has 1 N–H and O–H groups in total. The van der Waals surface area contributed by atoms with Crippen molar-refractivity contribution < 1.29 is 19.1 Å². The second-order valence-electron chi connectivity index (χ2n) is 9.35. The fraction of sp³-hybridized carbons (Fsp3) is 0.370. The average molecular weight is 511 g/mol. The van der Waals surface area contributed by atoms with Crippen LogP contribution in [0, 0.1) is 0 Å². The monoisotopic (exact) mass is 510 g/mol. The highest BCUT2D eigenvalue weighted by Gasteiger charge is 2.33. The van der Waals surface area contributed by atoms with Crippen LogP contribution >= 0.6 is 11.6 Å². The summed E-state index contributed by atoms with van der Waals surface area (Å²) in [5.74, 6) is 0.665. The molecule has 0 saturated heterocycles. The quantitative estimate of drug-likeness (QED) is 0.474. The average Bonchev–Trinajstić information content (AvgIpc) is 3.19. The van der Waals surface area contributed by atoms with Gasteiger partial charge in [-0.15, -0.1) is 0 Å². The van der Waals surface area contributed by atoms with Crippen LogP contribution in [0.1, 0.15) is 66.6 Å². The summed E-state index contributed by atoms with van der Waals surface area (Å²) in [4.78, 5) is 28.3.